The molecule has 19 heavy (non-hydrogen) atoms. The van der Waals surface area contributed by atoms with Crippen molar-refractivity contribution in [2.75, 3.05) is 0 Å². The lowest BCUT2D eigenvalue weighted by atomic mass is 10.2. The number of carboxylic acids is 1. The number of aryl methyl sites for hydroxylation is 1. The van der Waals surface area contributed by atoms with E-state index >= 15 is 0 Å². The van der Waals surface area contributed by atoms with Gasteiger partial charge in [-0.15, -0.1) is 0 Å². The molecule has 0 radical (unpaired) electrons. The summed E-state index contributed by atoms with van der Waals surface area (Å²) in [6.45, 7) is 1.92. The van der Waals surface area contributed by atoms with Crippen LogP contribution in [0.25, 0.3) is 11.4 Å². The lowest BCUT2D eigenvalue weighted by Gasteiger charge is -2.05. The van der Waals surface area contributed by atoms with E-state index in [4.69, 9.17) is 5.11 Å². The van der Waals surface area contributed by atoms with E-state index in [2.05, 4.69) is 20.9 Å². The van der Waals surface area contributed by atoms with Crippen LogP contribution in [0.2, 0.25) is 0 Å². The van der Waals surface area contributed by atoms with Crippen LogP contribution in [0.15, 0.2) is 28.7 Å². The highest BCUT2D eigenvalue weighted by Gasteiger charge is 2.13. The highest BCUT2D eigenvalue weighted by Crippen LogP contribution is 2.23. The first kappa shape index (κ1) is 13.8. The van der Waals surface area contributed by atoms with Gasteiger partial charge in [-0.05, 0) is 25.5 Å². The Bertz CT molecular complexity index is 603. The number of benzene rings is 1. The van der Waals surface area contributed by atoms with Crippen molar-refractivity contribution >= 4 is 21.9 Å². The topological polar surface area (TPSA) is 55.1 Å². The Labute approximate surface area is 120 Å². The Balaban J connectivity index is 2.35. The van der Waals surface area contributed by atoms with Crippen molar-refractivity contribution in [1.82, 2.24) is 9.55 Å². The molecule has 0 saturated heterocycles. The Morgan fingerprint density at radius 1 is 1.37 bits per heavy atom. The van der Waals surface area contributed by atoms with E-state index in [1.54, 1.807) is 0 Å². The van der Waals surface area contributed by atoms with E-state index in [1.165, 1.54) is 0 Å². The van der Waals surface area contributed by atoms with Crippen LogP contribution < -0.4 is 0 Å². The molecule has 1 aromatic heterocycles. The smallest absolute Gasteiger partial charge is 0.303 e. The first-order valence-electron chi connectivity index (χ1n) is 5.99. The second-order valence-corrected chi connectivity index (χ2v) is 5.34. The zero-order chi connectivity index (χ0) is 14.0. The van der Waals surface area contributed by atoms with Crippen LogP contribution in [-0.4, -0.2) is 20.6 Å². The summed E-state index contributed by atoms with van der Waals surface area (Å²) in [5.41, 5.74) is 2.89. The number of imidazole rings is 1. The number of hydrogen-bond donors (Lipinski definition) is 1. The number of aromatic nitrogens is 2. The summed E-state index contributed by atoms with van der Waals surface area (Å²) >= 11 is 3.40. The third-order valence-corrected chi connectivity index (χ3v) is 3.62. The van der Waals surface area contributed by atoms with E-state index in [0.29, 0.717) is 6.42 Å². The number of aliphatic carboxylic acids is 1. The highest BCUT2D eigenvalue weighted by molar-refractivity contribution is 9.10. The maximum atomic E-state index is 10.7. The van der Waals surface area contributed by atoms with Crippen molar-refractivity contribution < 1.29 is 9.90 Å². The standard InChI is InChI=1S/C14H15BrN2O2/c1-9-12(7-8-13(18)19)17(2)14(16-9)10-3-5-11(15)6-4-10/h3-6H,7-8H2,1-2H3,(H,18,19). The summed E-state index contributed by atoms with van der Waals surface area (Å²) in [5, 5.41) is 8.78. The molecule has 1 N–H and O–H groups in total. The molecule has 1 aromatic carbocycles. The summed E-state index contributed by atoms with van der Waals surface area (Å²) < 4.78 is 3.00. The SMILES string of the molecule is Cc1nc(-c2ccc(Br)cc2)n(C)c1CCC(=O)O. The van der Waals surface area contributed by atoms with Crippen molar-refractivity contribution in [2.45, 2.75) is 19.8 Å². The number of nitrogens with zero attached hydrogens (tertiary/aromatic N) is 2. The second-order valence-electron chi connectivity index (χ2n) is 4.43. The lowest BCUT2D eigenvalue weighted by molar-refractivity contribution is -0.136. The Morgan fingerprint density at radius 3 is 2.58 bits per heavy atom. The molecule has 4 nitrogen and oxygen atoms in total. The molecule has 0 spiro atoms. The van der Waals surface area contributed by atoms with Gasteiger partial charge in [0.05, 0.1) is 12.1 Å². The monoisotopic (exact) mass is 322 g/mol. The Morgan fingerprint density at radius 2 is 2.00 bits per heavy atom. The van der Waals surface area contributed by atoms with Gasteiger partial charge in [0.2, 0.25) is 0 Å². The fourth-order valence-corrected chi connectivity index (χ4v) is 2.36. The zero-order valence-corrected chi connectivity index (χ0v) is 12.4. The molecule has 0 amide bonds. The van der Waals surface area contributed by atoms with Gasteiger partial charge in [-0.1, -0.05) is 28.1 Å². The van der Waals surface area contributed by atoms with Gasteiger partial charge < -0.3 is 9.67 Å². The predicted octanol–water partition coefficient (Wildman–Crippen LogP) is 3.18. The summed E-state index contributed by atoms with van der Waals surface area (Å²) in [7, 11) is 1.93. The van der Waals surface area contributed by atoms with E-state index in [1.807, 2.05) is 42.8 Å². The largest absolute Gasteiger partial charge is 0.481 e. The fourth-order valence-electron chi connectivity index (χ4n) is 2.10. The van der Waals surface area contributed by atoms with Gasteiger partial charge in [-0.2, -0.15) is 0 Å². The summed E-state index contributed by atoms with van der Waals surface area (Å²) in [5.74, 6) is 0.0798. The number of halogens is 1. The molecular formula is C14H15BrN2O2. The zero-order valence-electron chi connectivity index (χ0n) is 10.9. The van der Waals surface area contributed by atoms with Gasteiger partial charge in [0.1, 0.15) is 5.82 Å². The predicted molar refractivity (Wildman–Crippen MR) is 77.0 cm³/mol. The van der Waals surface area contributed by atoms with Gasteiger partial charge in [-0.25, -0.2) is 4.98 Å². The summed E-state index contributed by atoms with van der Waals surface area (Å²) in [4.78, 5) is 15.2. The molecule has 0 atom stereocenters. The number of rotatable bonds is 4. The van der Waals surface area contributed by atoms with Gasteiger partial charge in [0.25, 0.3) is 0 Å². The molecule has 0 fully saturated rings. The van der Waals surface area contributed by atoms with Crippen molar-refractivity contribution in [1.29, 1.82) is 0 Å². The van der Waals surface area contributed by atoms with Crippen LogP contribution in [0.3, 0.4) is 0 Å². The molecular weight excluding hydrogens is 308 g/mol. The molecule has 0 bridgehead atoms. The number of carbonyl (C=O) groups is 1. The van der Waals surface area contributed by atoms with Gasteiger partial charge in [0.15, 0.2) is 0 Å². The highest BCUT2D eigenvalue weighted by atomic mass is 79.9. The van der Waals surface area contributed by atoms with Gasteiger partial charge in [-0.3, -0.25) is 4.79 Å². The van der Waals surface area contributed by atoms with Crippen molar-refractivity contribution in [3.8, 4) is 11.4 Å². The molecule has 0 saturated carbocycles. The number of carboxylic acid groups (broad SMARTS) is 1. The first-order chi connectivity index (χ1) is 8.99. The van der Waals surface area contributed by atoms with E-state index in [0.717, 1.165) is 27.2 Å². The van der Waals surface area contributed by atoms with Gasteiger partial charge in [0, 0.05) is 22.8 Å². The fraction of sp³-hybridized carbons (Fsp3) is 0.286. The minimum Gasteiger partial charge on any atom is -0.481 e. The second kappa shape index (κ2) is 5.57. The third kappa shape index (κ3) is 3.04. The summed E-state index contributed by atoms with van der Waals surface area (Å²) in [6.07, 6.45) is 0.626. The van der Waals surface area contributed by atoms with Gasteiger partial charge >= 0.3 is 5.97 Å². The van der Waals surface area contributed by atoms with E-state index in [9.17, 15) is 4.79 Å². The molecule has 0 aliphatic heterocycles. The van der Waals surface area contributed by atoms with Crippen LogP contribution >= 0.6 is 15.9 Å². The third-order valence-electron chi connectivity index (χ3n) is 3.09. The van der Waals surface area contributed by atoms with E-state index < -0.39 is 5.97 Å². The molecule has 5 heteroatoms. The Kier molecular flexibility index (Phi) is 4.04. The molecule has 0 unspecified atom stereocenters. The van der Waals surface area contributed by atoms with Crippen molar-refractivity contribution in [2.24, 2.45) is 7.05 Å². The average Bonchev–Trinajstić information content (AvgIpc) is 2.63. The average molecular weight is 323 g/mol. The van der Waals surface area contributed by atoms with Crippen LogP contribution in [0.1, 0.15) is 17.8 Å². The summed E-state index contributed by atoms with van der Waals surface area (Å²) in [6, 6.07) is 7.92. The molecule has 0 aliphatic rings. The quantitative estimate of drug-likeness (QED) is 0.940. The maximum Gasteiger partial charge on any atom is 0.303 e. The minimum atomic E-state index is -0.786. The Hall–Kier alpha value is -1.62. The molecule has 0 aliphatic carbocycles. The minimum absolute atomic E-state index is 0.125. The maximum absolute atomic E-state index is 10.7. The first-order valence-corrected chi connectivity index (χ1v) is 6.78. The molecule has 1 heterocycles. The lowest BCUT2D eigenvalue weighted by Crippen LogP contribution is -2.04. The number of hydrogen-bond acceptors (Lipinski definition) is 2. The van der Waals surface area contributed by atoms with Crippen LogP contribution in [0.5, 0.6) is 0 Å². The van der Waals surface area contributed by atoms with E-state index in [-0.39, 0.29) is 6.42 Å². The van der Waals surface area contributed by atoms with Crippen LogP contribution in [0, 0.1) is 6.92 Å². The molecule has 2 rings (SSSR count). The van der Waals surface area contributed by atoms with Crippen molar-refractivity contribution in [3.05, 3.63) is 40.1 Å². The molecule has 2 aromatic rings. The van der Waals surface area contributed by atoms with Crippen molar-refractivity contribution in [3.63, 3.8) is 0 Å². The van der Waals surface area contributed by atoms with Crippen LogP contribution in [-0.2, 0) is 18.3 Å². The normalized spacial score (nSPS) is 10.7. The van der Waals surface area contributed by atoms with Crippen LogP contribution in [0.4, 0.5) is 0 Å². The molecule has 100 valence electrons.